The van der Waals surface area contributed by atoms with Gasteiger partial charge in [-0.05, 0) is 34.1 Å². The smallest absolute Gasteiger partial charge is 0.121 e. The summed E-state index contributed by atoms with van der Waals surface area (Å²) in [7, 11) is 0. The largest absolute Gasteiger partial charge is 0.489 e. The Balaban J connectivity index is 2.02. The van der Waals surface area contributed by atoms with Gasteiger partial charge in [0.25, 0.3) is 0 Å². The number of aromatic nitrogens is 2. The van der Waals surface area contributed by atoms with Crippen LogP contribution in [0.5, 0.6) is 5.75 Å². The fourth-order valence-electron chi connectivity index (χ4n) is 1.09. The third-order valence-electron chi connectivity index (χ3n) is 1.85. The number of nitrogens with one attached hydrogen (secondary N) is 1. The third kappa shape index (κ3) is 2.73. The molecule has 0 fully saturated rings. The lowest BCUT2D eigenvalue weighted by Crippen LogP contribution is -1.93. The number of aromatic amines is 1. The Hall–Kier alpha value is -1.000. The fourth-order valence-corrected chi connectivity index (χ4v) is 1.51. The highest BCUT2D eigenvalue weighted by Gasteiger charge is 2.00. The van der Waals surface area contributed by atoms with E-state index in [2.05, 4.69) is 26.1 Å². The molecule has 0 aliphatic rings. The van der Waals surface area contributed by atoms with Crippen LogP contribution in [0.3, 0.4) is 0 Å². The van der Waals surface area contributed by atoms with Crippen LogP contribution in [-0.2, 0) is 6.61 Å². The molecule has 78 valence electrons. The predicted octanol–water partition coefficient (Wildman–Crippen LogP) is 3.40. The zero-order chi connectivity index (χ0) is 10.7. The first-order valence-corrected chi connectivity index (χ1v) is 5.48. The molecule has 0 saturated heterocycles. The van der Waals surface area contributed by atoms with Gasteiger partial charge in [-0.15, -0.1) is 0 Å². The van der Waals surface area contributed by atoms with Crippen molar-refractivity contribution in [3.05, 3.63) is 45.7 Å². The maximum Gasteiger partial charge on any atom is 0.121 e. The summed E-state index contributed by atoms with van der Waals surface area (Å²) >= 11 is 9.25. The lowest BCUT2D eigenvalue weighted by Gasteiger charge is -2.05. The number of rotatable bonds is 3. The third-order valence-corrected chi connectivity index (χ3v) is 3.08. The van der Waals surface area contributed by atoms with E-state index in [1.54, 1.807) is 18.5 Å². The molecule has 1 N–H and O–H groups in total. The first kappa shape index (κ1) is 10.5. The van der Waals surface area contributed by atoms with E-state index in [4.69, 9.17) is 16.3 Å². The summed E-state index contributed by atoms with van der Waals surface area (Å²) in [5, 5.41) is 7.19. The molecule has 1 aromatic heterocycles. The summed E-state index contributed by atoms with van der Waals surface area (Å²) in [6, 6.07) is 5.48. The molecule has 0 unspecified atom stereocenters. The molecule has 0 spiro atoms. The molecule has 0 radical (unpaired) electrons. The van der Waals surface area contributed by atoms with E-state index in [0.717, 1.165) is 15.8 Å². The van der Waals surface area contributed by atoms with Crippen molar-refractivity contribution < 1.29 is 4.74 Å². The number of hydrogen-bond donors (Lipinski definition) is 1. The minimum absolute atomic E-state index is 0.481. The van der Waals surface area contributed by atoms with Gasteiger partial charge in [0.15, 0.2) is 0 Å². The van der Waals surface area contributed by atoms with E-state index in [0.29, 0.717) is 11.6 Å². The quantitative estimate of drug-likeness (QED) is 0.939. The van der Waals surface area contributed by atoms with Crippen LogP contribution in [0.4, 0.5) is 0 Å². The van der Waals surface area contributed by atoms with Crippen molar-refractivity contribution in [3.8, 4) is 5.75 Å². The second-order valence-corrected chi connectivity index (χ2v) is 4.23. The molecule has 0 bridgehead atoms. The SMILES string of the molecule is Clc1cc(OCc2cn[nH]c2)ccc1Br. The lowest BCUT2D eigenvalue weighted by atomic mass is 10.3. The van der Waals surface area contributed by atoms with Crippen molar-refractivity contribution in [1.29, 1.82) is 0 Å². The number of hydrogen-bond acceptors (Lipinski definition) is 2. The Morgan fingerprint density at radius 1 is 1.47 bits per heavy atom. The molecule has 0 aliphatic heterocycles. The standard InChI is InChI=1S/C10H8BrClN2O/c11-9-2-1-8(3-10(9)12)15-6-7-4-13-14-5-7/h1-5H,6H2,(H,13,14). The minimum Gasteiger partial charge on any atom is -0.489 e. The first-order valence-electron chi connectivity index (χ1n) is 4.31. The van der Waals surface area contributed by atoms with E-state index in [1.165, 1.54) is 0 Å². The van der Waals surface area contributed by atoms with E-state index < -0.39 is 0 Å². The number of H-pyrrole nitrogens is 1. The summed E-state index contributed by atoms with van der Waals surface area (Å²) < 4.78 is 6.38. The highest BCUT2D eigenvalue weighted by Crippen LogP contribution is 2.27. The van der Waals surface area contributed by atoms with E-state index >= 15 is 0 Å². The van der Waals surface area contributed by atoms with Gasteiger partial charge in [-0.2, -0.15) is 5.10 Å². The van der Waals surface area contributed by atoms with Crippen molar-refractivity contribution in [3.63, 3.8) is 0 Å². The minimum atomic E-state index is 0.481. The van der Waals surface area contributed by atoms with Gasteiger partial charge in [0, 0.05) is 16.2 Å². The van der Waals surface area contributed by atoms with E-state index in [1.807, 2.05) is 12.1 Å². The van der Waals surface area contributed by atoms with Crippen LogP contribution in [-0.4, -0.2) is 10.2 Å². The molecular formula is C10H8BrClN2O. The summed E-state index contributed by atoms with van der Waals surface area (Å²) in [4.78, 5) is 0. The van der Waals surface area contributed by atoms with Crippen molar-refractivity contribution >= 4 is 27.5 Å². The number of benzene rings is 1. The normalized spacial score (nSPS) is 10.3. The molecule has 0 amide bonds. The molecular weight excluding hydrogens is 279 g/mol. The molecule has 1 heterocycles. The van der Waals surface area contributed by atoms with Crippen LogP contribution < -0.4 is 4.74 Å². The fraction of sp³-hybridized carbons (Fsp3) is 0.100. The molecule has 1 aromatic carbocycles. The van der Waals surface area contributed by atoms with Gasteiger partial charge < -0.3 is 4.74 Å². The molecule has 5 heteroatoms. The van der Waals surface area contributed by atoms with Gasteiger partial charge in [0.1, 0.15) is 12.4 Å². The molecule has 2 rings (SSSR count). The van der Waals surface area contributed by atoms with Gasteiger partial charge in [0.2, 0.25) is 0 Å². The molecule has 15 heavy (non-hydrogen) atoms. The van der Waals surface area contributed by atoms with Gasteiger partial charge in [-0.3, -0.25) is 5.10 Å². The Kier molecular flexibility index (Phi) is 3.28. The lowest BCUT2D eigenvalue weighted by molar-refractivity contribution is 0.306. The van der Waals surface area contributed by atoms with Crippen molar-refractivity contribution in [2.75, 3.05) is 0 Å². The van der Waals surface area contributed by atoms with Crippen LogP contribution >= 0.6 is 27.5 Å². The zero-order valence-corrected chi connectivity index (χ0v) is 10.0. The maximum absolute atomic E-state index is 5.93. The van der Waals surface area contributed by atoms with Crippen molar-refractivity contribution in [2.24, 2.45) is 0 Å². The first-order chi connectivity index (χ1) is 7.25. The zero-order valence-electron chi connectivity index (χ0n) is 7.71. The van der Waals surface area contributed by atoms with Gasteiger partial charge >= 0.3 is 0 Å². The highest BCUT2D eigenvalue weighted by molar-refractivity contribution is 9.10. The van der Waals surface area contributed by atoms with Crippen LogP contribution in [0.2, 0.25) is 5.02 Å². The average Bonchev–Trinajstić information content (AvgIpc) is 2.73. The van der Waals surface area contributed by atoms with E-state index in [-0.39, 0.29) is 0 Å². The Bertz CT molecular complexity index is 445. The summed E-state index contributed by atoms with van der Waals surface area (Å²) in [5.74, 6) is 0.740. The van der Waals surface area contributed by atoms with Gasteiger partial charge in [-0.25, -0.2) is 0 Å². The maximum atomic E-state index is 5.93. The summed E-state index contributed by atoms with van der Waals surface area (Å²) in [5.41, 5.74) is 0.994. The monoisotopic (exact) mass is 286 g/mol. The van der Waals surface area contributed by atoms with Crippen molar-refractivity contribution in [1.82, 2.24) is 10.2 Å². The van der Waals surface area contributed by atoms with Crippen LogP contribution in [0.1, 0.15) is 5.56 Å². The number of halogens is 2. The Morgan fingerprint density at radius 3 is 3.00 bits per heavy atom. The number of ether oxygens (including phenoxy) is 1. The molecule has 0 aliphatic carbocycles. The molecule has 2 aromatic rings. The molecule has 0 atom stereocenters. The summed E-state index contributed by atoms with van der Waals surface area (Å²) in [6.45, 7) is 0.481. The topological polar surface area (TPSA) is 37.9 Å². The van der Waals surface area contributed by atoms with Crippen LogP contribution in [0.15, 0.2) is 35.1 Å². The predicted molar refractivity (Wildman–Crippen MR) is 62.1 cm³/mol. The molecule has 3 nitrogen and oxygen atoms in total. The van der Waals surface area contributed by atoms with Gasteiger partial charge in [0.05, 0.1) is 11.2 Å². The highest BCUT2D eigenvalue weighted by atomic mass is 79.9. The Morgan fingerprint density at radius 2 is 2.33 bits per heavy atom. The van der Waals surface area contributed by atoms with Crippen LogP contribution in [0, 0.1) is 0 Å². The van der Waals surface area contributed by atoms with E-state index in [9.17, 15) is 0 Å². The van der Waals surface area contributed by atoms with Crippen LogP contribution in [0.25, 0.3) is 0 Å². The second-order valence-electron chi connectivity index (χ2n) is 2.97. The second kappa shape index (κ2) is 4.68. The average molecular weight is 288 g/mol. The number of nitrogens with zero attached hydrogens (tertiary/aromatic N) is 1. The molecule has 0 saturated carbocycles. The summed E-state index contributed by atoms with van der Waals surface area (Å²) in [6.07, 6.45) is 3.51. The van der Waals surface area contributed by atoms with Gasteiger partial charge in [-0.1, -0.05) is 11.6 Å². The van der Waals surface area contributed by atoms with Crippen molar-refractivity contribution in [2.45, 2.75) is 6.61 Å². The Labute approximate surface area is 101 Å².